The van der Waals surface area contributed by atoms with Crippen LogP contribution in [0.3, 0.4) is 0 Å². The summed E-state index contributed by atoms with van der Waals surface area (Å²) in [7, 11) is 0. The molecule has 2 amide bonds. The van der Waals surface area contributed by atoms with Gasteiger partial charge in [-0.1, -0.05) is 41.9 Å². The molecular formula is C20H21ClFN3O2. The molecule has 0 spiro atoms. The van der Waals surface area contributed by atoms with Crippen molar-refractivity contribution in [3.8, 4) is 0 Å². The second-order valence-electron chi connectivity index (χ2n) is 6.41. The summed E-state index contributed by atoms with van der Waals surface area (Å²) in [6, 6.07) is 13.1. The molecule has 142 valence electrons. The summed E-state index contributed by atoms with van der Waals surface area (Å²) >= 11 is 6.29. The Bertz CT molecular complexity index is 830. The van der Waals surface area contributed by atoms with Crippen molar-refractivity contribution in [2.24, 2.45) is 0 Å². The van der Waals surface area contributed by atoms with Crippen LogP contribution in [0.1, 0.15) is 17.2 Å². The molecule has 2 aromatic rings. The standard InChI is InChI=1S/C20H21ClFN3O2/c21-17-7-2-1-6-16(17)18-12-23-8-9-25(18)20(27)13-24-19(26)11-14-4-3-5-15(22)10-14/h1-7,10,18,23H,8-9,11-13H2,(H,24,26). The Morgan fingerprint density at radius 2 is 2.04 bits per heavy atom. The van der Waals surface area contributed by atoms with Gasteiger partial charge in [-0.25, -0.2) is 4.39 Å². The summed E-state index contributed by atoms with van der Waals surface area (Å²) in [4.78, 5) is 26.5. The number of rotatable bonds is 5. The van der Waals surface area contributed by atoms with Crippen LogP contribution >= 0.6 is 11.6 Å². The number of benzene rings is 2. The fourth-order valence-corrected chi connectivity index (χ4v) is 3.46. The number of nitrogens with one attached hydrogen (secondary N) is 2. The second-order valence-corrected chi connectivity index (χ2v) is 6.82. The number of nitrogens with zero attached hydrogens (tertiary/aromatic N) is 1. The average molecular weight is 390 g/mol. The Kier molecular flexibility index (Phi) is 6.42. The zero-order valence-corrected chi connectivity index (χ0v) is 15.5. The molecule has 1 heterocycles. The minimum Gasteiger partial charge on any atom is -0.347 e. The van der Waals surface area contributed by atoms with Gasteiger partial charge in [0.2, 0.25) is 11.8 Å². The van der Waals surface area contributed by atoms with Crippen LogP contribution in [-0.4, -0.2) is 42.9 Å². The Hall–Kier alpha value is -2.44. The molecule has 3 rings (SSSR count). The topological polar surface area (TPSA) is 61.4 Å². The molecular weight excluding hydrogens is 369 g/mol. The number of carbonyl (C=O) groups is 2. The monoisotopic (exact) mass is 389 g/mol. The smallest absolute Gasteiger partial charge is 0.242 e. The lowest BCUT2D eigenvalue weighted by Gasteiger charge is -2.37. The first kappa shape index (κ1) is 19.3. The number of hydrogen-bond acceptors (Lipinski definition) is 3. The minimum absolute atomic E-state index is 0.0283. The number of amides is 2. The van der Waals surface area contributed by atoms with E-state index in [1.807, 2.05) is 18.2 Å². The van der Waals surface area contributed by atoms with E-state index in [9.17, 15) is 14.0 Å². The van der Waals surface area contributed by atoms with Gasteiger partial charge in [-0.2, -0.15) is 0 Å². The third-order valence-electron chi connectivity index (χ3n) is 4.52. The molecule has 2 aromatic carbocycles. The van der Waals surface area contributed by atoms with E-state index in [0.29, 0.717) is 30.2 Å². The van der Waals surface area contributed by atoms with Crippen molar-refractivity contribution in [2.75, 3.05) is 26.2 Å². The summed E-state index contributed by atoms with van der Waals surface area (Å²) < 4.78 is 13.2. The highest BCUT2D eigenvalue weighted by atomic mass is 35.5. The van der Waals surface area contributed by atoms with Crippen LogP contribution in [0.25, 0.3) is 0 Å². The highest BCUT2D eigenvalue weighted by molar-refractivity contribution is 6.31. The molecule has 0 aromatic heterocycles. The number of hydrogen-bond donors (Lipinski definition) is 2. The van der Waals surface area contributed by atoms with Crippen LogP contribution in [0.4, 0.5) is 4.39 Å². The van der Waals surface area contributed by atoms with Gasteiger partial charge in [-0.3, -0.25) is 9.59 Å². The Morgan fingerprint density at radius 1 is 1.22 bits per heavy atom. The fraction of sp³-hybridized carbons (Fsp3) is 0.300. The molecule has 5 nitrogen and oxygen atoms in total. The van der Waals surface area contributed by atoms with Crippen molar-refractivity contribution >= 4 is 23.4 Å². The van der Waals surface area contributed by atoms with Gasteiger partial charge < -0.3 is 15.5 Å². The largest absolute Gasteiger partial charge is 0.347 e. The highest BCUT2D eigenvalue weighted by Crippen LogP contribution is 2.28. The molecule has 2 N–H and O–H groups in total. The zero-order valence-electron chi connectivity index (χ0n) is 14.8. The van der Waals surface area contributed by atoms with Gasteiger partial charge >= 0.3 is 0 Å². The molecule has 1 fully saturated rings. The van der Waals surface area contributed by atoms with E-state index in [1.165, 1.54) is 12.1 Å². The van der Waals surface area contributed by atoms with Crippen LogP contribution in [0, 0.1) is 5.82 Å². The summed E-state index contributed by atoms with van der Waals surface area (Å²) in [6.45, 7) is 1.72. The van der Waals surface area contributed by atoms with E-state index in [2.05, 4.69) is 10.6 Å². The fourth-order valence-electron chi connectivity index (χ4n) is 3.20. The molecule has 0 bridgehead atoms. The Labute approximate surface area is 162 Å². The SMILES string of the molecule is O=C(Cc1cccc(F)c1)NCC(=O)N1CCNCC1c1ccccc1Cl. The summed E-state index contributed by atoms with van der Waals surface area (Å²) in [5.74, 6) is -0.882. The molecule has 1 unspecified atom stereocenters. The maximum atomic E-state index is 13.2. The highest BCUT2D eigenvalue weighted by Gasteiger charge is 2.29. The molecule has 1 aliphatic rings. The van der Waals surface area contributed by atoms with Crippen molar-refractivity contribution in [3.63, 3.8) is 0 Å². The predicted molar refractivity (Wildman–Crippen MR) is 102 cm³/mol. The number of halogens is 2. The van der Waals surface area contributed by atoms with Gasteiger partial charge in [0.25, 0.3) is 0 Å². The molecule has 1 atom stereocenters. The van der Waals surface area contributed by atoms with Crippen LogP contribution in [-0.2, 0) is 16.0 Å². The normalized spacial score (nSPS) is 16.8. The van der Waals surface area contributed by atoms with Crippen molar-refractivity contribution in [2.45, 2.75) is 12.5 Å². The zero-order chi connectivity index (χ0) is 19.2. The quantitative estimate of drug-likeness (QED) is 0.825. The third-order valence-corrected chi connectivity index (χ3v) is 4.86. The van der Waals surface area contributed by atoms with Crippen LogP contribution in [0.15, 0.2) is 48.5 Å². The van der Waals surface area contributed by atoms with Crippen LogP contribution < -0.4 is 10.6 Å². The lowest BCUT2D eigenvalue weighted by molar-refractivity contribution is -0.135. The Balaban J connectivity index is 1.60. The first-order chi connectivity index (χ1) is 13.0. The van der Waals surface area contributed by atoms with Crippen LogP contribution in [0.5, 0.6) is 0 Å². The van der Waals surface area contributed by atoms with Gasteiger partial charge in [0, 0.05) is 24.7 Å². The van der Waals surface area contributed by atoms with Crippen molar-refractivity contribution in [1.82, 2.24) is 15.5 Å². The summed E-state index contributed by atoms with van der Waals surface area (Å²) in [5.41, 5.74) is 1.45. The third kappa shape index (κ3) is 5.05. The molecule has 27 heavy (non-hydrogen) atoms. The molecule has 7 heteroatoms. The molecule has 1 saturated heterocycles. The van der Waals surface area contributed by atoms with E-state index >= 15 is 0 Å². The lowest BCUT2D eigenvalue weighted by atomic mass is 10.0. The van der Waals surface area contributed by atoms with Crippen molar-refractivity contribution < 1.29 is 14.0 Å². The van der Waals surface area contributed by atoms with Crippen molar-refractivity contribution in [3.05, 3.63) is 70.5 Å². The lowest BCUT2D eigenvalue weighted by Crippen LogP contribution is -2.51. The summed E-state index contributed by atoms with van der Waals surface area (Å²) in [5, 5.41) is 6.51. The van der Waals surface area contributed by atoms with E-state index in [1.54, 1.807) is 23.1 Å². The molecule has 1 aliphatic heterocycles. The molecule has 0 aliphatic carbocycles. The van der Waals surface area contributed by atoms with E-state index < -0.39 is 0 Å². The van der Waals surface area contributed by atoms with Crippen molar-refractivity contribution in [1.29, 1.82) is 0 Å². The minimum atomic E-state index is -0.389. The first-order valence-corrected chi connectivity index (χ1v) is 9.18. The summed E-state index contributed by atoms with van der Waals surface area (Å²) in [6.07, 6.45) is 0.0283. The van der Waals surface area contributed by atoms with Gasteiger partial charge in [0.05, 0.1) is 19.0 Å². The van der Waals surface area contributed by atoms with E-state index in [4.69, 9.17) is 11.6 Å². The van der Waals surface area contributed by atoms with Crippen LogP contribution in [0.2, 0.25) is 5.02 Å². The predicted octanol–water partition coefficient (Wildman–Crippen LogP) is 2.31. The maximum absolute atomic E-state index is 13.2. The first-order valence-electron chi connectivity index (χ1n) is 8.80. The van der Waals surface area contributed by atoms with Gasteiger partial charge in [0.1, 0.15) is 5.82 Å². The Morgan fingerprint density at radius 3 is 2.81 bits per heavy atom. The maximum Gasteiger partial charge on any atom is 0.242 e. The van der Waals surface area contributed by atoms with Gasteiger partial charge in [-0.05, 0) is 29.3 Å². The number of piperazine rings is 1. The second kappa shape index (κ2) is 8.97. The number of carbonyl (C=O) groups excluding carboxylic acids is 2. The van der Waals surface area contributed by atoms with Gasteiger partial charge in [-0.15, -0.1) is 0 Å². The van der Waals surface area contributed by atoms with Gasteiger partial charge in [0.15, 0.2) is 0 Å². The van der Waals surface area contributed by atoms with E-state index in [-0.39, 0.29) is 36.6 Å². The van der Waals surface area contributed by atoms with E-state index in [0.717, 1.165) is 5.56 Å². The molecule has 0 saturated carbocycles. The average Bonchev–Trinajstić information content (AvgIpc) is 2.66. The molecule has 0 radical (unpaired) electrons.